The lowest BCUT2D eigenvalue weighted by Gasteiger charge is -2.11. The Morgan fingerprint density at radius 3 is 3.00 bits per heavy atom. The van der Waals surface area contributed by atoms with Gasteiger partial charge in [0.25, 0.3) is 0 Å². The molecule has 0 radical (unpaired) electrons. The van der Waals surface area contributed by atoms with Crippen molar-refractivity contribution in [1.29, 1.82) is 5.26 Å². The second-order valence-corrected chi connectivity index (χ2v) is 5.54. The van der Waals surface area contributed by atoms with Crippen LogP contribution >= 0.6 is 11.8 Å². The average molecular weight is 286 g/mol. The molecule has 1 aromatic heterocycles. The van der Waals surface area contributed by atoms with Crippen molar-refractivity contribution in [3.05, 3.63) is 54.0 Å². The Hall–Kier alpha value is -2.19. The van der Waals surface area contributed by atoms with Gasteiger partial charge in [-0.1, -0.05) is 6.07 Å². The zero-order valence-electron chi connectivity index (χ0n) is 11.0. The van der Waals surface area contributed by atoms with Gasteiger partial charge in [-0.05, 0) is 37.3 Å². The number of amides is 1. The molecule has 0 saturated carbocycles. The van der Waals surface area contributed by atoms with Gasteiger partial charge in [0.15, 0.2) is 0 Å². The number of anilines is 1. The number of nitriles is 1. The number of furan rings is 1. The summed E-state index contributed by atoms with van der Waals surface area (Å²) >= 11 is 1.50. The molecule has 0 bridgehead atoms. The molecule has 1 N–H and O–H groups in total. The normalized spacial score (nSPS) is 11.6. The van der Waals surface area contributed by atoms with Crippen LogP contribution in [-0.4, -0.2) is 11.2 Å². The molecule has 1 amide bonds. The highest BCUT2D eigenvalue weighted by Gasteiger charge is 2.14. The Labute approximate surface area is 121 Å². The molecule has 1 aromatic carbocycles. The van der Waals surface area contributed by atoms with Crippen molar-refractivity contribution in [2.24, 2.45) is 0 Å². The molecule has 0 fully saturated rings. The predicted octanol–water partition coefficient (Wildman–Crippen LogP) is 3.41. The standard InChI is InChI=1S/C15H14N2O2S/c1-11(20-10-14-6-3-7-19-14)15(18)17-13-5-2-4-12(8-13)9-16/h2-8,11H,10H2,1H3,(H,17,18)/t11-/m0/s1. The lowest BCUT2D eigenvalue weighted by atomic mass is 10.2. The molecular formula is C15H14N2O2S. The van der Waals surface area contributed by atoms with Crippen molar-refractivity contribution in [3.8, 4) is 6.07 Å². The van der Waals surface area contributed by atoms with E-state index < -0.39 is 0 Å². The number of hydrogen-bond donors (Lipinski definition) is 1. The first kappa shape index (κ1) is 14.2. The fourth-order valence-electron chi connectivity index (χ4n) is 1.59. The van der Waals surface area contributed by atoms with Gasteiger partial charge >= 0.3 is 0 Å². The maximum Gasteiger partial charge on any atom is 0.237 e. The molecule has 0 saturated heterocycles. The van der Waals surface area contributed by atoms with Crippen molar-refractivity contribution >= 4 is 23.4 Å². The van der Waals surface area contributed by atoms with Crippen LogP contribution in [0.2, 0.25) is 0 Å². The predicted molar refractivity (Wildman–Crippen MR) is 79.3 cm³/mol. The van der Waals surface area contributed by atoms with E-state index in [4.69, 9.17) is 9.68 Å². The molecule has 102 valence electrons. The molecule has 0 aliphatic heterocycles. The first-order valence-corrected chi connectivity index (χ1v) is 7.19. The number of carbonyl (C=O) groups excluding carboxylic acids is 1. The molecule has 4 nitrogen and oxygen atoms in total. The minimum absolute atomic E-state index is 0.0864. The van der Waals surface area contributed by atoms with Crippen molar-refractivity contribution in [2.45, 2.75) is 17.9 Å². The average Bonchev–Trinajstić information content (AvgIpc) is 2.98. The quantitative estimate of drug-likeness (QED) is 0.914. The van der Waals surface area contributed by atoms with E-state index in [-0.39, 0.29) is 11.2 Å². The molecule has 0 spiro atoms. The summed E-state index contributed by atoms with van der Waals surface area (Å²) in [5.41, 5.74) is 1.16. The molecule has 1 atom stereocenters. The summed E-state index contributed by atoms with van der Waals surface area (Å²) in [7, 11) is 0. The third kappa shape index (κ3) is 3.90. The van der Waals surface area contributed by atoms with Crippen LogP contribution in [0.15, 0.2) is 47.1 Å². The third-order valence-corrected chi connectivity index (χ3v) is 3.85. The van der Waals surface area contributed by atoms with Gasteiger partial charge in [0.05, 0.1) is 28.9 Å². The first-order chi connectivity index (χ1) is 9.69. The largest absolute Gasteiger partial charge is 0.468 e. The highest BCUT2D eigenvalue weighted by Crippen LogP contribution is 2.19. The number of benzene rings is 1. The molecule has 1 heterocycles. The van der Waals surface area contributed by atoms with Crippen molar-refractivity contribution < 1.29 is 9.21 Å². The Morgan fingerprint density at radius 1 is 1.45 bits per heavy atom. The van der Waals surface area contributed by atoms with E-state index >= 15 is 0 Å². The number of nitrogens with zero attached hydrogens (tertiary/aromatic N) is 1. The zero-order chi connectivity index (χ0) is 14.4. The Kier molecular flexibility index (Phi) is 4.85. The van der Waals surface area contributed by atoms with Gasteiger partial charge in [-0.2, -0.15) is 5.26 Å². The van der Waals surface area contributed by atoms with Crippen LogP contribution in [0.4, 0.5) is 5.69 Å². The summed E-state index contributed by atoms with van der Waals surface area (Å²) in [6, 6.07) is 12.6. The Bertz CT molecular complexity index is 617. The Morgan fingerprint density at radius 2 is 2.30 bits per heavy atom. The second-order valence-electron chi connectivity index (χ2n) is 4.21. The second kappa shape index (κ2) is 6.83. The number of carbonyl (C=O) groups is 1. The molecule has 2 rings (SSSR count). The molecule has 2 aromatic rings. The van der Waals surface area contributed by atoms with Crippen LogP contribution < -0.4 is 5.32 Å². The number of nitrogens with one attached hydrogen (secondary N) is 1. The van der Waals surface area contributed by atoms with Gasteiger partial charge in [0, 0.05) is 5.69 Å². The smallest absolute Gasteiger partial charge is 0.237 e. The molecule has 20 heavy (non-hydrogen) atoms. The van der Waals surface area contributed by atoms with Gasteiger partial charge in [-0.15, -0.1) is 11.8 Å². The van der Waals surface area contributed by atoms with E-state index in [9.17, 15) is 4.79 Å². The molecule has 0 unspecified atom stereocenters. The summed E-state index contributed by atoms with van der Waals surface area (Å²) in [6.07, 6.45) is 1.62. The number of rotatable bonds is 5. The number of thioether (sulfide) groups is 1. The summed E-state index contributed by atoms with van der Waals surface area (Å²) in [4.78, 5) is 12.0. The topological polar surface area (TPSA) is 66.0 Å². The van der Waals surface area contributed by atoms with E-state index in [1.807, 2.05) is 25.1 Å². The number of hydrogen-bond acceptors (Lipinski definition) is 4. The molecular weight excluding hydrogens is 272 g/mol. The zero-order valence-corrected chi connectivity index (χ0v) is 11.8. The van der Waals surface area contributed by atoms with Gasteiger partial charge in [0.1, 0.15) is 5.76 Å². The van der Waals surface area contributed by atoms with E-state index in [0.29, 0.717) is 17.0 Å². The fraction of sp³-hybridized carbons (Fsp3) is 0.200. The van der Waals surface area contributed by atoms with Gasteiger partial charge in [-0.25, -0.2) is 0 Å². The minimum Gasteiger partial charge on any atom is -0.468 e. The lowest BCUT2D eigenvalue weighted by Crippen LogP contribution is -2.22. The summed E-state index contributed by atoms with van der Waals surface area (Å²) in [5, 5.41) is 11.4. The van der Waals surface area contributed by atoms with Gasteiger partial charge in [0.2, 0.25) is 5.91 Å². The molecule has 5 heteroatoms. The van der Waals surface area contributed by atoms with Crippen LogP contribution in [0.25, 0.3) is 0 Å². The van der Waals surface area contributed by atoms with Crippen molar-refractivity contribution in [3.63, 3.8) is 0 Å². The third-order valence-electron chi connectivity index (χ3n) is 2.68. The summed E-state index contributed by atoms with van der Waals surface area (Å²) in [5.74, 6) is 1.41. The van der Waals surface area contributed by atoms with E-state index in [2.05, 4.69) is 5.32 Å². The van der Waals surface area contributed by atoms with Crippen LogP contribution in [0.5, 0.6) is 0 Å². The highest BCUT2D eigenvalue weighted by molar-refractivity contribution is 7.99. The SMILES string of the molecule is C[C@H](SCc1ccco1)C(=O)Nc1cccc(C#N)c1. The fourth-order valence-corrected chi connectivity index (χ4v) is 2.38. The summed E-state index contributed by atoms with van der Waals surface area (Å²) in [6.45, 7) is 1.84. The van der Waals surface area contributed by atoms with E-state index in [0.717, 1.165) is 5.76 Å². The Balaban J connectivity index is 1.88. The van der Waals surface area contributed by atoms with Crippen molar-refractivity contribution in [1.82, 2.24) is 0 Å². The molecule has 0 aliphatic carbocycles. The van der Waals surface area contributed by atoms with Crippen LogP contribution in [-0.2, 0) is 10.5 Å². The maximum atomic E-state index is 12.0. The molecule has 0 aliphatic rings. The van der Waals surface area contributed by atoms with Crippen molar-refractivity contribution in [2.75, 3.05) is 5.32 Å². The maximum absolute atomic E-state index is 12.0. The monoisotopic (exact) mass is 286 g/mol. The first-order valence-electron chi connectivity index (χ1n) is 6.14. The van der Waals surface area contributed by atoms with Crippen LogP contribution in [0.3, 0.4) is 0 Å². The lowest BCUT2D eigenvalue weighted by molar-refractivity contribution is -0.115. The minimum atomic E-state index is -0.203. The highest BCUT2D eigenvalue weighted by atomic mass is 32.2. The van der Waals surface area contributed by atoms with E-state index in [1.165, 1.54) is 11.8 Å². The van der Waals surface area contributed by atoms with Gasteiger partial charge < -0.3 is 9.73 Å². The summed E-state index contributed by atoms with van der Waals surface area (Å²) < 4.78 is 5.22. The van der Waals surface area contributed by atoms with Crippen LogP contribution in [0.1, 0.15) is 18.2 Å². The van der Waals surface area contributed by atoms with Gasteiger partial charge in [-0.3, -0.25) is 4.79 Å². The van der Waals surface area contributed by atoms with E-state index in [1.54, 1.807) is 30.5 Å². The van der Waals surface area contributed by atoms with Crippen LogP contribution in [0, 0.1) is 11.3 Å².